The summed E-state index contributed by atoms with van der Waals surface area (Å²) in [5, 5.41) is 0. The van der Waals surface area contributed by atoms with Gasteiger partial charge in [-0.3, -0.25) is 14.4 Å². The monoisotopic (exact) mass is 366 g/mol. The Hall–Kier alpha value is -2.95. The first-order valence-corrected chi connectivity index (χ1v) is 9.09. The van der Waals surface area contributed by atoms with E-state index < -0.39 is 0 Å². The van der Waals surface area contributed by atoms with Gasteiger partial charge >= 0.3 is 0 Å². The van der Waals surface area contributed by atoms with Crippen molar-refractivity contribution in [1.82, 2.24) is 0 Å². The predicted octanol–water partition coefficient (Wildman–Crippen LogP) is 3.99. The Morgan fingerprint density at radius 3 is 2.07 bits per heavy atom. The molecule has 0 aromatic heterocycles. The fraction of sp³-hybridized carbons (Fsp3) is 0.318. The number of carbonyl (C=O) groups is 3. The molecule has 0 saturated heterocycles. The molecule has 0 aliphatic carbocycles. The van der Waals surface area contributed by atoms with E-state index in [0.29, 0.717) is 17.8 Å². The van der Waals surface area contributed by atoms with Crippen LogP contribution in [0.15, 0.2) is 48.5 Å². The van der Waals surface area contributed by atoms with Gasteiger partial charge in [0, 0.05) is 43.4 Å². The lowest BCUT2D eigenvalue weighted by molar-refractivity contribution is -0.118. The highest BCUT2D eigenvalue weighted by Gasteiger charge is 2.18. The summed E-state index contributed by atoms with van der Waals surface area (Å²) >= 11 is 0. The topological polar surface area (TPSA) is 57.7 Å². The molecular weight excluding hydrogens is 340 g/mol. The van der Waals surface area contributed by atoms with Gasteiger partial charge in [0.1, 0.15) is 0 Å². The molecular formula is C22H26N2O3. The van der Waals surface area contributed by atoms with E-state index in [1.807, 2.05) is 38.1 Å². The summed E-state index contributed by atoms with van der Waals surface area (Å²) in [7, 11) is 0. The van der Waals surface area contributed by atoms with Crippen LogP contribution in [0.25, 0.3) is 0 Å². The predicted molar refractivity (Wildman–Crippen MR) is 108 cm³/mol. The number of nitrogens with zero attached hydrogens (tertiary/aromatic N) is 2. The van der Waals surface area contributed by atoms with Gasteiger partial charge < -0.3 is 9.80 Å². The third kappa shape index (κ3) is 5.26. The van der Waals surface area contributed by atoms with Crippen LogP contribution in [0.5, 0.6) is 0 Å². The van der Waals surface area contributed by atoms with Gasteiger partial charge in [-0.15, -0.1) is 0 Å². The van der Waals surface area contributed by atoms with Gasteiger partial charge in [-0.1, -0.05) is 24.3 Å². The van der Waals surface area contributed by atoms with Crippen LogP contribution in [-0.2, 0) is 9.59 Å². The Kier molecular flexibility index (Phi) is 6.88. The van der Waals surface area contributed by atoms with Crippen LogP contribution in [0.2, 0.25) is 0 Å². The van der Waals surface area contributed by atoms with Crippen LogP contribution in [-0.4, -0.2) is 30.7 Å². The van der Waals surface area contributed by atoms with Crippen molar-refractivity contribution in [1.29, 1.82) is 0 Å². The van der Waals surface area contributed by atoms with E-state index in [9.17, 15) is 14.4 Å². The van der Waals surface area contributed by atoms with E-state index in [4.69, 9.17) is 0 Å². The summed E-state index contributed by atoms with van der Waals surface area (Å²) in [5.41, 5.74) is 3.11. The first-order valence-electron chi connectivity index (χ1n) is 9.09. The molecule has 0 radical (unpaired) electrons. The molecule has 27 heavy (non-hydrogen) atoms. The number of benzene rings is 2. The highest BCUT2D eigenvalue weighted by atomic mass is 16.2. The van der Waals surface area contributed by atoms with Crippen LogP contribution in [0.1, 0.15) is 43.1 Å². The van der Waals surface area contributed by atoms with Gasteiger partial charge in [0.25, 0.3) is 0 Å². The largest absolute Gasteiger partial charge is 0.313 e. The molecule has 0 fully saturated rings. The molecule has 142 valence electrons. The zero-order valence-electron chi connectivity index (χ0n) is 16.4. The second kappa shape index (κ2) is 9.12. The van der Waals surface area contributed by atoms with Crippen molar-refractivity contribution < 1.29 is 14.4 Å². The third-order valence-corrected chi connectivity index (χ3v) is 4.42. The lowest BCUT2D eigenvalue weighted by Gasteiger charge is -2.25. The van der Waals surface area contributed by atoms with Crippen molar-refractivity contribution >= 4 is 29.0 Å². The van der Waals surface area contributed by atoms with Crippen molar-refractivity contribution in [2.75, 3.05) is 22.9 Å². The molecule has 5 nitrogen and oxygen atoms in total. The van der Waals surface area contributed by atoms with E-state index >= 15 is 0 Å². The van der Waals surface area contributed by atoms with Crippen LogP contribution in [0.3, 0.4) is 0 Å². The first-order chi connectivity index (χ1) is 12.8. The highest BCUT2D eigenvalue weighted by Crippen LogP contribution is 2.20. The maximum atomic E-state index is 12.8. The van der Waals surface area contributed by atoms with E-state index in [-0.39, 0.29) is 30.6 Å². The first kappa shape index (κ1) is 20.4. The number of hydrogen-bond acceptors (Lipinski definition) is 3. The molecule has 5 heteroatoms. The van der Waals surface area contributed by atoms with Crippen molar-refractivity contribution in [3.05, 3.63) is 59.7 Å². The molecule has 0 spiro atoms. The average Bonchev–Trinajstić information content (AvgIpc) is 2.62. The number of hydrogen-bond donors (Lipinski definition) is 0. The number of aryl methyl sites for hydroxylation is 1. The lowest BCUT2D eigenvalue weighted by Crippen LogP contribution is -2.36. The fourth-order valence-electron chi connectivity index (χ4n) is 3.00. The summed E-state index contributed by atoms with van der Waals surface area (Å²) in [5.74, 6) is -0.271. The maximum Gasteiger partial charge on any atom is 0.228 e. The number of ketones is 1. The molecule has 0 N–H and O–H groups in total. The smallest absolute Gasteiger partial charge is 0.228 e. The van der Waals surface area contributed by atoms with Crippen molar-refractivity contribution in [2.24, 2.45) is 0 Å². The standard InChI is InChI=1S/C22H26N2O3/c1-5-23(20-10-6-8-16(2)14-20)22(27)12-13-24(18(4)26)21-11-7-9-19(15-21)17(3)25/h6-11,14-15H,5,12-13H2,1-4H3. The Balaban J connectivity index is 2.15. The van der Waals surface area contributed by atoms with Crippen LogP contribution < -0.4 is 9.80 Å². The van der Waals surface area contributed by atoms with E-state index in [0.717, 1.165) is 11.3 Å². The lowest BCUT2D eigenvalue weighted by atomic mass is 10.1. The molecule has 0 heterocycles. The second-order valence-electron chi connectivity index (χ2n) is 6.50. The van der Waals surface area contributed by atoms with Crippen molar-refractivity contribution in [3.8, 4) is 0 Å². The van der Waals surface area contributed by atoms with Gasteiger partial charge in [0.2, 0.25) is 11.8 Å². The number of Topliss-reactive ketones (excluding diaryl/α,β-unsaturated/α-hetero) is 1. The van der Waals surface area contributed by atoms with Gasteiger partial charge in [-0.05, 0) is 50.6 Å². The SMILES string of the molecule is CCN(C(=O)CCN(C(C)=O)c1cccc(C(C)=O)c1)c1cccc(C)c1. The molecule has 0 aliphatic rings. The van der Waals surface area contributed by atoms with Crippen molar-refractivity contribution in [3.63, 3.8) is 0 Å². The molecule has 0 unspecified atom stereocenters. The quantitative estimate of drug-likeness (QED) is 0.696. The number of anilines is 2. The summed E-state index contributed by atoms with van der Waals surface area (Å²) < 4.78 is 0. The van der Waals surface area contributed by atoms with E-state index in [2.05, 4.69) is 0 Å². The summed E-state index contributed by atoms with van der Waals surface area (Å²) in [6.45, 7) is 7.69. The van der Waals surface area contributed by atoms with Crippen LogP contribution >= 0.6 is 0 Å². The average molecular weight is 366 g/mol. The highest BCUT2D eigenvalue weighted by molar-refractivity contribution is 5.98. The minimum absolute atomic E-state index is 0.0444. The molecule has 2 amide bonds. The Morgan fingerprint density at radius 2 is 1.52 bits per heavy atom. The second-order valence-corrected chi connectivity index (χ2v) is 6.50. The molecule has 0 aliphatic heterocycles. The van der Waals surface area contributed by atoms with Crippen molar-refractivity contribution in [2.45, 2.75) is 34.1 Å². The molecule has 2 aromatic carbocycles. The van der Waals surface area contributed by atoms with Gasteiger partial charge in [-0.25, -0.2) is 0 Å². The Morgan fingerprint density at radius 1 is 0.889 bits per heavy atom. The summed E-state index contributed by atoms with van der Waals surface area (Å²) in [6.07, 6.45) is 0.200. The third-order valence-electron chi connectivity index (χ3n) is 4.42. The molecule has 2 aromatic rings. The Labute approximate surface area is 160 Å². The number of rotatable bonds is 7. The van der Waals surface area contributed by atoms with Crippen LogP contribution in [0, 0.1) is 6.92 Å². The molecule has 0 atom stereocenters. The normalized spacial score (nSPS) is 10.4. The zero-order valence-corrected chi connectivity index (χ0v) is 16.4. The van der Waals surface area contributed by atoms with Gasteiger partial charge in [0.15, 0.2) is 5.78 Å². The Bertz CT molecular complexity index is 845. The number of amides is 2. The molecule has 2 rings (SSSR count). The van der Waals surface area contributed by atoms with Gasteiger partial charge in [-0.2, -0.15) is 0 Å². The minimum Gasteiger partial charge on any atom is -0.313 e. The summed E-state index contributed by atoms with van der Waals surface area (Å²) in [6, 6.07) is 14.7. The minimum atomic E-state index is -0.165. The fourth-order valence-corrected chi connectivity index (χ4v) is 3.00. The van der Waals surface area contributed by atoms with E-state index in [1.54, 1.807) is 29.2 Å². The maximum absolute atomic E-state index is 12.8. The zero-order chi connectivity index (χ0) is 20.0. The van der Waals surface area contributed by atoms with Crippen LogP contribution in [0.4, 0.5) is 11.4 Å². The van der Waals surface area contributed by atoms with Gasteiger partial charge in [0.05, 0.1) is 0 Å². The van der Waals surface area contributed by atoms with E-state index in [1.165, 1.54) is 18.7 Å². The number of carbonyl (C=O) groups excluding carboxylic acids is 3. The molecule has 0 bridgehead atoms. The summed E-state index contributed by atoms with van der Waals surface area (Å²) in [4.78, 5) is 39.7. The molecule has 0 saturated carbocycles.